The first kappa shape index (κ1) is 15.4. The van der Waals surface area contributed by atoms with Crippen molar-refractivity contribution in [1.82, 2.24) is 5.43 Å². The van der Waals surface area contributed by atoms with E-state index in [2.05, 4.69) is 24.5 Å². The smallest absolute Gasteiger partial charge is 0.127 e. The molecule has 21 heavy (non-hydrogen) atoms. The Kier molecular flexibility index (Phi) is 5.20. The van der Waals surface area contributed by atoms with E-state index in [0.717, 1.165) is 29.0 Å². The van der Waals surface area contributed by atoms with Crippen molar-refractivity contribution in [1.29, 1.82) is 0 Å². The van der Waals surface area contributed by atoms with Crippen LogP contribution in [0.5, 0.6) is 11.5 Å². The van der Waals surface area contributed by atoms with Crippen molar-refractivity contribution in [3.05, 3.63) is 59.2 Å². The van der Waals surface area contributed by atoms with Gasteiger partial charge < -0.3 is 9.47 Å². The van der Waals surface area contributed by atoms with Crippen LogP contribution in [0.15, 0.2) is 42.5 Å². The molecule has 0 amide bonds. The van der Waals surface area contributed by atoms with Crippen molar-refractivity contribution in [3.63, 3.8) is 0 Å². The third kappa shape index (κ3) is 3.01. The summed E-state index contributed by atoms with van der Waals surface area (Å²) in [5.74, 6) is 7.35. The number of nitrogens with two attached hydrogens (primary N) is 1. The molecule has 4 heteroatoms. The normalized spacial score (nSPS) is 12.0. The van der Waals surface area contributed by atoms with Gasteiger partial charge in [0, 0.05) is 0 Å². The number of aryl methyl sites for hydroxylation is 1. The average Bonchev–Trinajstić information content (AvgIpc) is 2.56. The van der Waals surface area contributed by atoms with Crippen LogP contribution in [0.3, 0.4) is 0 Å². The van der Waals surface area contributed by atoms with Gasteiger partial charge in [-0.2, -0.15) is 0 Å². The number of benzene rings is 2. The Hall–Kier alpha value is -2.04. The molecule has 112 valence electrons. The zero-order chi connectivity index (χ0) is 15.2. The highest BCUT2D eigenvalue weighted by molar-refractivity contribution is 5.51. The van der Waals surface area contributed by atoms with E-state index in [1.807, 2.05) is 30.3 Å². The lowest BCUT2D eigenvalue weighted by atomic mass is 9.92. The predicted octanol–water partition coefficient (Wildman–Crippen LogP) is 2.82. The van der Waals surface area contributed by atoms with Gasteiger partial charge in [0.25, 0.3) is 0 Å². The Bertz CT molecular complexity index is 577. The zero-order valence-electron chi connectivity index (χ0n) is 12.7. The fourth-order valence-electron chi connectivity index (χ4n) is 2.63. The molecule has 4 nitrogen and oxygen atoms in total. The first-order valence-electron chi connectivity index (χ1n) is 7.01. The van der Waals surface area contributed by atoms with E-state index in [4.69, 9.17) is 15.3 Å². The van der Waals surface area contributed by atoms with Crippen molar-refractivity contribution in [2.75, 3.05) is 14.2 Å². The second-order valence-electron chi connectivity index (χ2n) is 4.73. The van der Waals surface area contributed by atoms with Crippen LogP contribution in [-0.4, -0.2) is 14.2 Å². The lowest BCUT2D eigenvalue weighted by Crippen LogP contribution is -2.30. The molecule has 0 saturated heterocycles. The van der Waals surface area contributed by atoms with Crippen LogP contribution >= 0.6 is 0 Å². The molecule has 3 N–H and O–H groups in total. The second-order valence-corrected chi connectivity index (χ2v) is 4.73. The summed E-state index contributed by atoms with van der Waals surface area (Å²) in [5, 5.41) is 0. The minimum atomic E-state index is -0.188. The van der Waals surface area contributed by atoms with Crippen molar-refractivity contribution < 1.29 is 9.47 Å². The maximum Gasteiger partial charge on any atom is 0.127 e. The Morgan fingerprint density at radius 3 is 2.14 bits per heavy atom. The van der Waals surface area contributed by atoms with Gasteiger partial charge in [0.15, 0.2) is 0 Å². The van der Waals surface area contributed by atoms with Crippen LogP contribution in [0.4, 0.5) is 0 Å². The maximum atomic E-state index is 5.85. The van der Waals surface area contributed by atoms with Gasteiger partial charge in [-0.15, -0.1) is 0 Å². The second kappa shape index (κ2) is 7.11. The highest BCUT2D eigenvalue weighted by Crippen LogP contribution is 2.37. The molecule has 0 aliphatic rings. The van der Waals surface area contributed by atoms with Crippen LogP contribution in [0.25, 0.3) is 0 Å². The molecular weight excluding hydrogens is 264 g/mol. The fourth-order valence-corrected chi connectivity index (χ4v) is 2.63. The molecule has 1 unspecified atom stereocenters. The Labute approximate surface area is 125 Å². The summed E-state index contributed by atoms with van der Waals surface area (Å²) in [5.41, 5.74) is 6.18. The first-order chi connectivity index (χ1) is 10.3. The summed E-state index contributed by atoms with van der Waals surface area (Å²) in [6.45, 7) is 2.13. The van der Waals surface area contributed by atoms with Gasteiger partial charge in [-0.3, -0.25) is 5.84 Å². The topological polar surface area (TPSA) is 56.5 Å². The summed E-state index contributed by atoms with van der Waals surface area (Å²) < 4.78 is 11.0. The van der Waals surface area contributed by atoms with Gasteiger partial charge in [0.2, 0.25) is 0 Å². The Morgan fingerprint density at radius 1 is 1.00 bits per heavy atom. The van der Waals surface area contributed by atoms with E-state index in [1.165, 1.54) is 5.56 Å². The maximum absolute atomic E-state index is 5.85. The Balaban J connectivity index is 2.61. The van der Waals surface area contributed by atoms with Crippen molar-refractivity contribution in [2.24, 2.45) is 5.84 Å². The van der Waals surface area contributed by atoms with E-state index in [-0.39, 0.29) is 6.04 Å². The molecule has 0 radical (unpaired) electrons. The molecule has 0 aliphatic carbocycles. The number of rotatable bonds is 6. The van der Waals surface area contributed by atoms with Crippen molar-refractivity contribution in [2.45, 2.75) is 19.4 Å². The van der Waals surface area contributed by atoms with Gasteiger partial charge in [0.1, 0.15) is 11.5 Å². The lowest BCUT2D eigenvalue weighted by Gasteiger charge is -2.23. The van der Waals surface area contributed by atoms with Crippen LogP contribution in [0.2, 0.25) is 0 Å². The summed E-state index contributed by atoms with van der Waals surface area (Å²) in [6, 6.07) is 13.8. The van der Waals surface area contributed by atoms with Crippen molar-refractivity contribution >= 4 is 0 Å². The van der Waals surface area contributed by atoms with Crippen LogP contribution in [-0.2, 0) is 6.42 Å². The van der Waals surface area contributed by atoms with E-state index in [1.54, 1.807) is 14.2 Å². The molecule has 0 saturated carbocycles. The molecule has 0 bridgehead atoms. The van der Waals surface area contributed by atoms with E-state index in [9.17, 15) is 0 Å². The number of methoxy groups -OCH3 is 2. The molecule has 2 rings (SSSR count). The fraction of sp³-hybridized carbons (Fsp3) is 0.294. The van der Waals surface area contributed by atoms with E-state index in [0.29, 0.717) is 0 Å². The number of hydrogen-bond donors (Lipinski definition) is 2. The Morgan fingerprint density at radius 2 is 1.62 bits per heavy atom. The van der Waals surface area contributed by atoms with Gasteiger partial charge >= 0.3 is 0 Å². The molecule has 0 heterocycles. The monoisotopic (exact) mass is 286 g/mol. The van der Waals surface area contributed by atoms with Crippen LogP contribution < -0.4 is 20.7 Å². The van der Waals surface area contributed by atoms with E-state index < -0.39 is 0 Å². The zero-order valence-corrected chi connectivity index (χ0v) is 12.7. The number of hydrogen-bond acceptors (Lipinski definition) is 4. The predicted molar refractivity (Wildman–Crippen MR) is 84.5 cm³/mol. The minimum absolute atomic E-state index is 0.188. The quantitative estimate of drug-likeness (QED) is 0.633. The molecule has 2 aromatic carbocycles. The highest BCUT2D eigenvalue weighted by Gasteiger charge is 2.23. The van der Waals surface area contributed by atoms with Gasteiger partial charge in [-0.25, -0.2) is 5.43 Å². The van der Waals surface area contributed by atoms with Gasteiger partial charge in [0.05, 0.1) is 25.8 Å². The summed E-state index contributed by atoms with van der Waals surface area (Å²) in [4.78, 5) is 0. The molecule has 2 aromatic rings. The molecule has 0 aliphatic heterocycles. The number of nitrogens with one attached hydrogen (secondary N) is 1. The molecule has 0 aromatic heterocycles. The molecule has 0 fully saturated rings. The van der Waals surface area contributed by atoms with Crippen molar-refractivity contribution in [3.8, 4) is 11.5 Å². The van der Waals surface area contributed by atoms with Crippen LogP contribution in [0, 0.1) is 0 Å². The summed E-state index contributed by atoms with van der Waals surface area (Å²) in [6.07, 6.45) is 0.936. The SMILES string of the molecule is CCc1ccccc1C(NN)c1c(OC)cccc1OC. The third-order valence-electron chi connectivity index (χ3n) is 3.67. The van der Waals surface area contributed by atoms with Gasteiger partial charge in [-0.05, 0) is 29.7 Å². The highest BCUT2D eigenvalue weighted by atomic mass is 16.5. The third-order valence-corrected chi connectivity index (χ3v) is 3.67. The van der Waals surface area contributed by atoms with Crippen LogP contribution in [0.1, 0.15) is 29.7 Å². The summed E-state index contributed by atoms with van der Waals surface area (Å²) in [7, 11) is 3.30. The van der Waals surface area contributed by atoms with Gasteiger partial charge in [-0.1, -0.05) is 37.3 Å². The molecular formula is C17H22N2O2. The largest absolute Gasteiger partial charge is 0.496 e. The first-order valence-corrected chi connectivity index (χ1v) is 7.01. The average molecular weight is 286 g/mol. The lowest BCUT2D eigenvalue weighted by molar-refractivity contribution is 0.377. The number of hydrazine groups is 1. The standard InChI is InChI=1S/C17H22N2O2/c1-4-12-8-5-6-9-13(12)17(19-18)16-14(20-2)10-7-11-15(16)21-3/h5-11,17,19H,4,18H2,1-3H3. The summed E-state index contributed by atoms with van der Waals surface area (Å²) >= 11 is 0. The molecule has 0 spiro atoms. The van der Waals surface area contributed by atoms with E-state index >= 15 is 0 Å². The number of ether oxygens (including phenoxy) is 2. The minimum Gasteiger partial charge on any atom is -0.496 e. The molecule has 1 atom stereocenters.